The predicted molar refractivity (Wildman–Crippen MR) is 165 cm³/mol. The van der Waals surface area contributed by atoms with E-state index in [0.29, 0.717) is 43.4 Å². The van der Waals surface area contributed by atoms with Crippen molar-refractivity contribution >= 4 is 17.2 Å². The topological polar surface area (TPSA) is 89.7 Å². The number of carbonyl (C=O) groups is 1. The first-order valence-electron chi connectivity index (χ1n) is 15.5. The summed E-state index contributed by atoms with van der Waals surface area (Å²) in [5.74, 6) is -2.28. The third-order valence-electron chi connectivity index (χ3n) is 8.73. The smallest absolute Gasteiger partial charge is 0.417 e. The monoisotopic (exact) mass is 666 g/mol. The third kappa shape index (κ3) is 5.91. The van der Waals surface area contributed by atoms with E-state index in [4.69, 9.17) is 9.47 Å². The van der Waals surface area contributed by atoms with Crippen LogP contribution in [-0.2, 0) is 48.4 Å². The maximum Gasteiger partial charge on any atom is 0.417 e. The van der Waals surface area contributed by atoms with Crippen LogP contribution < -0.4 is 9.64 Å². The molecule has 1 aliphatic heterocycles. The number of hydrogen-bond acceptors (Lipinski definition) is 7. The highest BCUT2D eigenvalue weighted by Gasteiger charge is 2.48. The Morgan fingerprint density at radius 2 is 1.81 bits per heavy atom. The van der Waals surface area contributed by atoms with Gasteiger partial charge in [0.1, 0.15) is 18.2 Å². The van der Waals surface area contributed by atoms with Crippen molar-refractivity contribution in [2.75, 3.05) is 11.5 Å². The largest absolute Gasteiger partial charge is 0.473 e. The van der Waals surface area contributed by atoms with Gasteiger partial charge in [0.05, 0.1) is 36.6 Å². The van der Waals surface area contributed by atoms with Crippen molar-refractivity contribution < 1.29 is 41.3 Å². The van der Waals surface area contributed by atoms with Crippen molar-refractivity contribution in [3.63, 3.8) is 0 Å². The Hall–Kier alpha value is -4.78. The Labute approximate surface area is 272 Å². The van der Waals surface area contributed by atoms with Crippen LogP contribution in [0.25, 0.3) is 16.7 Å². The first kappa shape index (κ1) is 31.8. The zero-order valence-corrected chi connectivity index (χ0v) is 26.3. The van der Waals surface area contributed by atoms with E-state index >= 15 is 8.78 Å². The molecule has 3 aliphatic rings. The number of aromatic nitrogens is 3. The number of fused-ring (bicyclic) bond motifs is 4. The Bertz CT molecular complexity index is 1970. The molecular weight excluding hydrogens is 635 g/mol. The number of allylic oxidation sites excluding steroid dienone is 1. The van der Waals surface area contributed by atoms with Gasteiger partial charge in [-0.2, -0.15) is 18.3 Å². The molecule has 4 aromatic rings. The SMILES string of the molecule is CCOC(=O)C1=C2c3cnc(OCc4cc(-c5ccc(N6Cc7cn(CC(C)(C)O)nc7C6)cc5F)c(C(F)(F)F)cc4F)cc3C[C@@H]12. The molecule has 2 aromatic carbocycles. The number of rotatable bonds is 9. The summed E-state index contributed by atoms with van der Waals surface area (Å²) in [5, 5.41) is 14.6. The van der Waals surface area contributed by atoms with Gasteiger partial charge in [0.2, 0.25) is 5.88 Å². The second kappa shape index (κ2) is 11.4. The van der Waals surface area contributed by atoms with Crippen LogP contribution in [0.15, 0.2) is 54.4 Å². The van der Waals surface area contributed by atoms with Gasteiger partial charge in [-0.3, -0.25) is 4.68 Å². The second-order valence-corrected chi connectivity index (χ2v) is 12.9. The van der Waals surface area contributed by atoms with Crippen LogP contribution in [0.3, 0.4) is 0 Å². The molecule has 1 N–H and O–H groups in total. The maximum absolute atomic E-state index is 15.6. The number of nitrogens with zero attached hydrogens (tertiary/aromatic N) is 4. The number of pyridine rings is 1. The van der Waals surface area contributed by atoms with Gasteiger partial charge in [-0.15, -0.1) is 0 Å². The lowest BCUT2D eigenvalue weighted by molar-refractivity contribution is -0.138. The molecule has 0 radical (unpaired) electrons. The molecule has 8 nitrogen and oxygen atoms in total. The molecule has 0 fully saturated rings. The quantitative estimate of drug-likeness (QED) is 0.159. The Balaban J connectivity index is 1.10. The highest BCUT2D eigenvalue weighted by molar-refractivity contribution is 6.12. The highest BCUT2D eigenvalue weighted by atomic mass is 19.4. The van der Waals surface area contributed by atoms with E-state index in [9.17, 15) is 23.1 Å². The molecule has 0 saturated carbocycles. The highest BCUT2D eigenvalue weighted by Crippen LogP contribution is 2.56. The van der Waals surface area contributed by atoms with Gasteiger partial charge in [-0.1, -0.05) is 0 Å². The van der Waals surface area contributed by atoms with Gasteiger partial charge in [-0.25, -0.2) is 18.6 Å². The van der Waals surface area contributed by atoms with Gasteiger partial charge in [-0.05, 0) is 74.2 Å². The zero-order chi connectivity index (χ0) is 34.1. The first-order chi connectivity index (χ1) is 22.7. The number of alkyl halides is 3. The van der Waals surface area contributed by atoms with Crippen LogP contribution in [0.2, 0.25) is 0 Å². The van der Waals surface area contributed by atoms with Gasteiger partial charge in [0, 0.05) is 64.4 Å². The Kier molecular flexibility index (Phi) is 7.57. The van der Waals surface area contributed by atoms with Gasteiger partial charge >= 0.3 is 12.1 Å². The molecule has 2 aromatic heterocycles. The lowest BCUT2D eigenvalue weighted by Gasteiger charge is -2.21. The van der Waals surface area contributed by atoms with Gasteiger partial charge < -0.3 is 19.5 Å². The van der Waals surface area contributed by atoms with Crippen LogP contribution in [0.5, 0.6) is 5.88 Å². The summed E-state index contributed by atoms with van der Waals surface area (Å²) in [6, 6.07) is 6.93. The molecular formula is C35H31F5N4O4. The van der Waals surface area contributed by atoms with E-state index < -0.39 is 41.1 Å². The van der Waals surface area contributed by atoms with Crippen molar-refractivity contribution in [3.05, 3.63) is 99.5 Å². The Morgan fingerprint density at radius 1 is 1.02 bits per heavy atom. The molecule has 2 aliphatic carbocycles. The van der Waals surface area contributed by atoms with Gasteiger partial charge in [0.25, 0.3) is 0 Å². The van der Waals surface area contributed by atoms with Crippen molar-refractivity contribution in [2.45, 2.75) is 65.2 Å². The van der Waals surface area contributed by atoms with Crippen molar-refractivity contribution in [1.82, 2.24) is 14.8 Å². The lowest BCUT2D eigenvalue weighted by Crippen LogP contribution is -2.27. The fourth-order valence-corrected chi connectivity index (χ4v) is 6.58. The van der Waals surface area contributed by atoms with Crippen LogP contribution in [0, 0.1) is 17.6 Å². The number of ether oxygens (including phenoxy) is 2. The zero-order valence-electron chi connectivity index (χ0n) is 26.3. The van der Waals surface area contributed by atoms with Crippen molar-refractivity contribution in [2.24, 2.45) is 5.92 Å². The lowest BCUT2D eigenvalue weighted by atomic mass is 9.95. The van der Waals surface area contributed by atoms with Crippen LogP contribution >= 0.6 is 0 Å². The first-order valence-corrected chi connectivity index (χ1v) is 15.5. The number of hydrogen-bond donors (Lipinski definition) is 1. The standard InChI is InChI=1S/C35H31F5N4O4/c1-4-47-33(45)32-24-7-18-9-30(41-12-25(18)31(24)32)48-16-19-8-23(26(11-27(19)36)35(38,39)40)22-6-5-21(10-28(22)37)43-13-20-14-44(17-34(2,3)46)42-29(20)15-43/h5-6,8-12,14,24,46H,4,7,13,15-17H2,1-3H3/t24-/m1/s1. The molecule has 48 heavy (non-hydrogen) atoms. The maximum atomic E-state index is 15.6. The number of halogens is 5. The number of aliphatic hydroxyl groups is 1. The number of esters is 1. The number of anilines is 1. The normalized spacial score (nSPS) is 16.6. The predicted octanol–water partition coefficient (Wildman–Crippen LogP) is 6.61. The van der Waals surface area contributed by atoms with Gasteiger partial charge in [0.15, 0.2) is 0 Å². The molecule has 1 atom stereocenters. The van der Waals surface area contributed by atoms with Crippen LogP contribution in [-0.4, -0.2) is 38.0 Å². The summed E-state index contributed by atoms with van der Waals surface area (Å²) in [4.78, 5) is 18.2. The summed E-state index contributed by atoms with van der Waals surface area (Å²) in [7, 11) is 0. The summed E-state index contributed by atoms with van der Waals surface area (Å²) < 4.78 is 85.4. The summed E-state index contributed by atoms with van der Waals surface area (Å²) >= 11 is 0. The van der Waals surface area contributed by atoms with E-state index in [1.54, 1.807) is 37.7 Å². The van der Waals surface area contributed by atoms with E-state index in [1.807, 2.05) is 11.1 Å². The molecule has 13 heteroatoms. The van der Waals surface area contributed by atoms with E-state index in [2.05, 4.69) is 10.1 Å². The van der Waals surface area contributed by atoms with Crippen LogP contribution in [0.4, 0.5) is 27.6 Å². The molecule has 0 unspecified atom stereocenters. The van der Waals surface area contributed by atoms with Crippen molar-refractivity contribution in [1.29, 1.82) is 0 Å². The second-order valence-electron chi connectivity index (χ2n) is 12.9. The minimum Gasteiger partial charge on any atom is -0.473 e. The van der Waals surface area contributed by atoms with E-state index in [1.165, 1.54) is 12.1 Å². The summed E-state index contributed by atoms with van der Waals surface area (Å²) in [6.07, 6.45) is -1.02. The molecule has 0 spiro atoms. The minimum absolute atomic E-state index is 0.0295. The number of carbonyl (C=O) groups excluding carboxylic acids is 1. The molecule has 0 saturated heterocycles. The fourth-order valence-electron chi connectivity index (χ4n) is 6.58. The third-order valence-corrected chi connectivity index (χ3v) is 8.73. The summed E-state index contributed by atoms with van der Waals surface area (Å²) in [5.41, 5.74) is 2.05. The minimum atomic E-state index is -4.95. The molecule has 0 bridgehead atoms. The molecule has 0 amide bonds. The summed E-state index contributed by atoms with van der Waals surface area (Å²) in [6.45, 7) is 5.99. The van der Waals surface area contributed by atoms with Crippen molar-refractivity contribution in [3.8, 4) is 17.0 Å². The van der Waals surface area contributed by atoms with Crippen LogP contribution in [0.1, 0.15) is 54.3 Å². The Morgan fingerprint density at radius 3 is 2.50 bits per heavy atom. The molecule has 7 rings (SSSR count). The molecule has 250 valence electrons. The van der Waals surface area contributed by atoms with E-state index in [0.717, 1.165) is 40.1 Å². The average molecular weight is 667 g/mol. The molecule has 3 heterocycles. The number of benzene rings is 2. The average Bonchev–Trinajstić information content (AvgIpc) is 3.23. The fraction of sp³-hybridized carbons (Fsp3) is 0.343. The van der Waals surface area contributed by atoms with E-state index in [-0.39, 0.29) is 35.5 Å².